The van der Waals surface area contributed by atoms with E-state index in [0.29, 0.717) is 11.3 Å². The molecule has 0 saturated heterocycles. The zero-order valence-electron chi connectivity index (χ0n) is 9.21. The van der Waals surface area contributed by atoms with Crippen molar-refractivity contribution in [3.8, 4) is 5.69 Å². The van der Waals surface area contributed by atoms with Crippen LogP contribution in [0.2, 0.25) is 0 Å². The van der Waals surface area contributed by atoms with E-state index in [0.717, 1.165) is 11.3 Å². The van der Waals surface area contributed by atoms with Crippen molar-refractivity contribution in [2.45, 2.75) is 6.92 Å². The van der Waals surface area contributed by atoms with Crippen LogP contribution in [0.5, 0.6) is 0 Å². The molecule has 1 N–H and O–H groups in total. The fourth-order valence-corrected chi connectivity index (χ4v) is 1.77. The summed E-state index contributed by atoms with van der Waals surface area (Å²) in [5.74, 6) is 0. The molecule has 0 amide bonds. The van der Waals surface area contributed by atoms with Crippen molar-refractivity contribution >= 4 is 11.3 Å². The average molecular weight is 226 g/mol. The molecule has 0 aliphatic carbocycles. The Labute approximate surface area is 96.8 Å². The number of imidazole rings is 1. The summed E-state index contributed by atoms with van der Waals surface area (Å²) >= 11 is 0. The van der Waals surface area contributed by atoms with E-state index in [4.69, 9.17) is 0 Å². The highest BCUT2D eigenvalue weighted by Crippen LogP contribution is 2.11. The largest absolute Gasteiger partial charge is 0.333 e. The lowest BCUT2D eigenvalue weighted by Gasteiger charge is -2.02. The summed E-state index contributed by atoms with van der Waals surface area (Å²) in [7, 11) is 0. The Balaban J connectivity index is 2.33. The van der Waals surface area contributed by atoms with Gasteiger partial charge in [-0.05, 0) is 19.1 Å². The topological polar surface area (TPSA) is 63.6 Å². The summed E-state index contributed by atoms with van der Waals surface area (Å²) in [6.45, 7) is 2.00. The Hall–Kier alpha value is -2.43. The summed E-state index contributed by atoms with van der Waals surface area (Å²) in [6.07, 6.45) is 3.12. The van der Waals surface area contributed by atoms with E-state index >= 15 is 0 Å². The van der Waals surface area contributed by atoms with Crippen molar-refractivity contribution in [1.29, 1.82) is 0 Å². The zero-order chi connectivity index (χ0) is 11.8. The van der Waals surface area contributed by atoms with Gasteiger partial charge in [-0.15, -0.1) is 0 Å². The number of nitrogens with one attached hydrogen (secondary N) is 1. The highest BCUT2D eigenvalue weighted by Gasteiger charge is 2.09. The smallest absolute Gasteiger partial charge is 0.288 e. The molecule has 1 aromatic carbocycles. The van der Waals surface area contributed by atoms with Gasteiger partial charge in [0.2, 0.25) is 0 Å². The number of H-pyrrole nitrogens is 1. The predicted molar refractivity (Wildman–Crippen MR) is 64.2 cm³/mol. The van der Waals surface area contributed by atoms with Crippen molar-refractivity contribution in [3.05, 3.63) is 52.7 Å². The number of rotatable bonds is 1. The number of hydrogen-bond donors (Lipinski definition) is 1. The second kappa shape index (κ2) is 3.55. The summed E-state index contributed by atoms with van der Waals surface area (Å²) in [5.41, 5.74) is 2.74. The van der Waals surface area contributed by atoms with Gasteiger partial charge in [-0.2, -0.15) is 0 Å². The molecule has 3 aromatic rings. The fraction of sp³-hybridized carbons (Fsp3) is 0.0833. The Kier molecular flexibility index (Phi) is 2.04. The fourth-order valence-electron chi connectivity index (χ4n) is 1.77. The highest BCUT2D eigenvalue weighted by molar-refractivity contribution is 5.67. The lowest BCUT2D eigenvalue weighted by molar-refractivity contribution is 0.999. The second-order valence-electron chi connectivity index (χ2n) is 3.83. The van der Waals surface area contributed by atoms with Crippen molar-refractivity contribution in [2.24, 2.45) is 0 Å². The van der Waals surface area contributed by atoms with Crippen LogP contribution in [-0.4, -0.2) is 19.5 Å². The predicted octanol–water partition coefficient (Wildman–Crippen LogP) is 1.42. The maximum atomic E-state index is 11.9. The Morgan fingerprint density at radius 2 is 1.82 bits per heavy atom. The molecule has 0 atom stereocenters. The van der Waals surface area contributed by atoms with Gasteiger partial charge in [-0.3, -0.25) is 4.98 Å². The van der Waals surface area contributed by atoms with E-state index in [1.165, 1.54) is 4.57 Å². The van der Waals surface area contributed by atoms with Crippen LogP contribution in [-0.2, 0) is 0 Å². The van der Waals surface area contributed by atoms with E-state index < -0.39 is 0 Å². The molecule has 3 rings (SSSR count). The molecular weight excluding hydrogens is 216 g/mol. The molecule has 0 spiro atoms. The number of aryl methyl sites for hydroxylation is 1. The molecule has 2 aromatic heterocycles. The second-order valence-corrected chi connectivity index (χ2v) is 3.83. The number of hydrogen-bond acceptors (Lipinski definition) is 3. The highest BCUT2D eigenvalue weighted by atomic mass is 16.1. The third-order valence-electron chi connectivity index (χ3n) is 2.61. The third kappa shape index (κ3) is 1.52. The van der Waals surface area contributed by atoms with Gasteiger partial charge in [0.25, 0.3) is 0 Å². The number of nitrogens with zero attached hydrogens (tertiary/aromatic N) is 3. The van der Waals surface area contributed by atoms with Gasteiger partial charge in [0.15, 0.2) is 11.3 Å². The van der Waals surface area contributed by atoms with Gasteiger partial charge < -0.3 is 0 Å². The summed E-state index contributed by atoms with van der Waals surface area (Å²) < 4.78 is 1.52. The molecule has 0 radical (unpaired) electrons. The van der Waals surface area contributed by atoms with Crippen LogP contribution >= 0.6 is 0 Å². The van der Waals surface area contributed by atoms with Crippen LogP contribution in [0, 0.1) is 6.92 Å². The summed E-state index contributed by atoms with van der Waals surface area (Å²) in [5, 5.41) is 0. The summed E-state index contributed by atoms with van der Waals surface area (Å²) in [4.78, 5) is 22.8. The van der Waals surface area contributed by atoms with E-state index in [1.807, 2.05) is 31.2 Å². The van der Waals surface area contributed by atoms with Crippen molar-refractivity contribution in [3.63, 3.8) is 0 Å². The third-order valence-corrected chi connectivity index (χ3v) is 2.61. The molecule has 0 bridgehead atoms. The monoisotopic (exact) mass is 226 g/mol. The first-order valence-electron chi connectivity index (χ1n) is 5.24. The Morgan fingerprint density at radius 1 is 1.12 bits per heavy atom. The van der Waals surface area contributed by atoms with Gasteiger partial charge in [0.1, 0.15) is 0 Å². The van der Waals surface area contributed by atoms with E-state index in [9.17, 15) is 4.79 Å². The van der Waals surface area contributed by atoms with Crippen LogP contribution in [0.4, 0.5) is 0 Å². The maximum absolute atomic E-state index is 11.9. The van der Waals surface area contributed by atoms with Crippen LogP contribution in [0.15, 0.2) is 41.5 Å². The van der Waals surface area contributed by atoms with Gasteiger partial charge in [-0.1, -0.05) is 17.7 Å². The van der Waals surface area contributed by atoms with Crippen molar-refractivity contribution < 1.29 is 0 Å². The van der Waals surface area contributed by atoms with Gasteiger partial charge in [-0.25, -0.2) is 19.3 Å². The van der Waals surface area contributed by atoms with Gasteiger partial charge in [0.05, 0.1) is 5.69 Å². The zero-order valence-corrected chi connectivity index (χ0v) is 9.21. The SMILES string of the molecule is Cc1ccc(-n2c(=O)[nH]c3nccnc32)cc1. The minimum atomic E-state index is -0.227. The van der Waals surface area contributed by atoms with Crippen LogP contribution < -0.4 is 5.69 Å². The van der Waals surface area contributed by atoms with Crippen LogP contribution in [0.1, 0.15) is 5.56 Å². The quantitative estimate of drug-likeness (QED) is 0.682. The molecule has 5 nitrogen and oxygen atoms in total. The van der Waals surface area contributed by atoms with Crippen LogP contribution in [0.3, 0.4) is 0 Å². The van der Waals surface area contributed by atoms with E-state index in [2.05, 4.69) is 15.0 Å². The number of aromatic amines is 1. The minimum absolute atomic E-state index is 0.227. The Bertz CT molecular complexity index is 724. The number of aromatic nitrogens is 4. The van der Waals surface area contributed by atoms with E-state index in [1.54, 1.807) is 12.4 Å². The molecule has 0 aliphatic rings. The lowest BCUT2D eigenvalue weighted by Crippen LogP contribution is -2.14. The molecule has 84 valence electrons. The molecular formula is C12H10N4O. The maximum Gasteiger partial charge on any atom is 0.333 e. The van der Waals surface area contributed by atoms with Crippen LogP contribution in [0.25, 0.3) is 17.0 Å². The lowest BCUT2D eigenvalue weighted by atomic mass is 10.2. The van der Waals surface area contributed by atoms with Crippen molar-refractivity contribution in [1.82, 2.24) is 19.5 Å². The van der Waals surface area contributed by atoms with Crippen molar-refractivity contribution in [2.75, 3.05) is 0 Å². The van der Waals surface area contributed by atoms with Gasteiger partial charge in [0, 0.05) is 12.4 Å². The number of fused-ring (bicyclic) bond motifs is 1. The molecule has 2 heterocycles. The molecule has 5 heteroatoms. The molecule has 0 unspecified atom stereocenters. The Morgan fingerprint density at radius 3 is 2.59 bits per heavy atom. The summed E-state index contributed by atoms with van der Waals surface area (Å²) in [6, 6.07) is 7.69. The molecule has 17 heavy (non-hydrogen) atoms. The molecule has 0 aliphatic heterocycles. The normalized spacial score (nSPS) is 10.9. The first-order chi connectivity index (χ1) is 8.25. The molecule has 0 saturated carbocycles. The average Bonchev–Trinajstić information content (AvgIpc) is 2.66. The first-order valence-corrected chi connectivity index (χ1v) is 5.24. The van der Waals surface area contributed by atoms with Gasteiger partial charge >= 0.3 is 5.69 Å². The number of benzene rings is 1. The van der Waals surface area contributed by atoms with E-state index in [-0.39, 0.29) is 5.69 Å². The molecule has 0 fully saturated rings. The standard InChI is InChI=1S/C12H10N4O/c1-8-2-4-9(5-3-8)16-11-10(15-12(16)17)13-6-7-14-11/h2-7H,1H3,(H,13,15,17). The minimum Gasteiger partial charge on any atom is -0.288 e. The first kappa shape index (κ1) is 9.77.